The van der Waals surface area contributed by atoms with Gasteiger partial charge in [-0.3, -0.25) is 4.79 Å². The Labute approximate surface area is 143 Å². The molecule has 0 aromatic carbocycles. The predicted octanol–water partition coefficient (Wildman–Crippen LogP) is 1.74. The number of likely N-dealkylation sites (tertiary alicyclic amines) is 1. The molecule has 1 fully saturated rings. The maximum Gasteiger partial charge on any atom is 0.325 e. The molecule has 0 saturated carbocycles. The largest absolute Gasteiger partial charge is 0.468 e. The zero-order valence-electron chi connectivity index (χ0n) is 14.9. The van der Waals surface area contributed by atoms with Crippen LogP contribution in [0, 0.1) is 12.8 Å². The molecule has 2 amide bonds. The predicted molar refractivity (Wildman–Crippen MR) is 90.7 cm³/mol. The third kappa shape index (κ3) is 4.72. The number of rotatable bonds is 6. The fourth-order valence-corrected chi connectivity index (χ4v) is 3.21. The molecule has 1 aliphatic rings. The van der Waals surface area contributed by atoms with Gasteiger partial charge >= 0.3 is 12.0 Å². The van der Waals surface area contributed by atoms with Crippen molar-refractivity contribution in [2.24, 2.45) is 5.92 Å². The highest BCUT2D eigenvalue weighted by atomic mass is 16.5. The van der Waals surface area contributed by atoms with Crippen LogP contribution in [0.5, 0.6) is 0 Å². The maximum atomic E-state index is 12.2. The van der Waals surface area contributed by atoms with Crippen molar-refractivity contribution in [2.45, 2.75) is 46.1 Å². The Morgan fingerprint density at radius 1 is 1.46 bits per heavy atom. The molecule has 0 aliphatic carbocycles. The van der Waals surface area contributed by atoms with Crippen molar-refractivity contribution in [1.82, 2.24) is 19.8 Å². The number of carbonyl (C=O) groups excluding carboxylic acids is 2. The molecule has 0 bridgehead atoms. The van der Waals surface area contributed by atoms with Gasteiger partial charge in [-0.05, 0) is 32.1 Å². The number of ether oxygens (including phenoxy) is 1. The van der Waals surface area contributed by atoms with E-state index in [2.05, 4.69) is 33.5 Å². The first-order valence-electron chi connectivity index (χ1n) is 8.65. The summed E-state index contributed by atoms with van der Waals surface area (Å²) in [6.07, 6.45) is 5.96. The number of aryl methyl sites for hydroxylation is 1. The number of nitrogens with zero attached hydrogens (tertiary/aromatic N) is 3. The molecular weight excluding hydrogens is 308 g/mol. The van der Waals surface area contributed by atoms with Gasteiger partial charge in [0.2, 0.25) is 0 Å². The quantitative estimate of drug-likeness (QED) is 0.803. The van der Waals surface area contributed by atoms with Crippen LogP contribution in [-0.2, 0) is 22.5 Å². The second kappa shape index (κ2) is 8.70. The normalized spacial score (nSPS) is 17.6. The van der Waals surface area contributed by atoms with Gasteiger partial charge in [-0.25, -0.2) is 9.78 Å². The van der Waals surface area contributed by atoms with Crippen LogP contribution < -0.4 is 5.32 Å². The number of amides is 2. The SMILES string of the molecule is CCCn1c(C)cnc1CC1CCCN(C(=O)NCC(=O)OC)C1. The van der Waals surface area contributed by atoms with Crippen LogP contribution in [0.4, 0.5) is 4.79 Å². The lowest BCUT2D eigenvalue weighted by atomic mass is 9.94. The van der Waals surface area contributed by atoms with E-state index < -0.39 is 5.97 Å². The first-order chi connectivity index (χ1) is 11.5. The highest BCUT2D eigenvalue weighted by molar-refractivity contribution is 5.80. The minimum atomic E-state index is -0.436. The molecule has 7 heteroatoms. The second-order valence-corrected chi connectivity index (χ2v) is 6.36. The summed E-state index contributed by atoms with van der Waals surface area (Å²) in [6, 6.07) is -0.196. The number of hydrogen-bond acceptors (Lipinski definition) is 4. The minimum absolute atomic E-state index is 0.0867. The molecule has 2 rings (SSSR count). The monoisotopic (exact) mass is 336 g/mol. The van der Waals surface area contributed by atoms with Crippen molar-refractivity contribution in [1.29, 1.82) is 0 Å². The summed E-state index contributed by atoms with van der Waals surface area (Å²) in [5.74, 6) is 1.07. The average Bonchev–Trinajstić information content (AvgIpc) is 2.93. The molecule has 1 N–H and O–H groups in total. The van der Waals surface area contributed by atoms with Crippen molar-refractivity contribution in [3.8, 4) is 0 Å². The molecule has 1 atom stereocenters. The van der Waals surface area contributed by atoms with Gasteiger partial charge < -0.3 is 19.5 Å². The van der Waals surface area contributed by atoms with Crippen LogP contribution in [0.25, 0.3) is 0 Å². The van der Waals surface area contributed by atoms with Crippen LogP contribution in [0.1, 0.15) is 37.7 Å². The lowest BCUT2D eigenvalue weighted by Gasteiger charge is -2.32. The van der Waals surface area contributed by atoms with E-state index in [-0.39, 0.29) is 12.6 Å². The molecule has 1 aliphatic heterocycles. The molecule has 0 spiro atoms. The fraction of sp³-hybridized carbons (Fsp3) is 0.706. The van der Waals surface area contributed by atoms with Gasteiger partial charge in [-0.2, -0.15) is 0 Å². The molecular formula is C17H28N4O3. The lowest BCUT2D eigenvalue weighted by molar-refractivity contribution is -0.139. The molecule has 0 radical (unpaired) electrons. The van der Waals surface area contributed by atoms with Gasteiger partial charge in [0.05, 0.1) is 7.11 Å². The third-order valence-corrected chi connectivity index (χ3v) is 4.47. The van der Waals surface area contributed by atoms with Crippen LogP contribution in [0.2, 0.25) is 0 Å². The van der Waals surface area contributed by atoms with Gasteiger partial charge in [0.25, 0.3) is 0 Å². The van der Waals surface area contributed by atoms with E-state index in [1.54, 1.807) is 4.90 Å². The summed E-state index contributed by atoms with van der Waals surface area (Å²) >= 11 is 0. The summed E-state index contributed by atoms with van der Waals surface area (Å²) < 4.78 is 6.82. The van der Waals surface area contributed by atoms with E-state index in [0.29, 0.717) is 12.5 Å². The Morgan fingerprint density at radius 2 is 2.25 bits per heavy atom. The number of urea groups is 1. The highest BCUT2D eigenvalue weighted by Gasteiger charge is 2.25. The number of piperidine rings is 1. The van der Waals surface area contributed by atoms with Gasteiger partial charge in [0, 0.05) is 37.9 Å². The van der Waals surface area contributed by atoms with Gasteiger partial charge in [-0.15, -0.1) is 0 Å². The summed E-state index contributed by atoms with van der Waals surface area (Å²) in [6.45, 7) is 6.57. The fourth-order valence-electron chi connectivity index (χ4n) is 3.21. The third-order valence-electron chi connectivity index (χ3n) is 4.47. The molecule has 7 nitrogen and oxygen atoms in total. The van der Waals surface area contributed by atoms with Crippen molar-refractivity contribution in [2.75, 3.05) is 26.7 Å². The van der Waals surface area contributed by atoms with Gasteiger partial charge in [0.15, 0.2) is 0 Å². The Morgan fingerprint density at radius 3 is 2.96 bits per heavy atom. The Bertz CT molecular complexity index is 570. The molecule has 134 valence electrons. The van der Waals surface area contributed by atoms with Gasteiger partial charge in [-0.1, -0.05) is 6.92 Å². The van der Waals surface area contributed by atoms with E-state index in [4.69, 9.17) is 0 Å². The highest BCUT2D eigenvalue weighted by Crippen LogP contribution is 2.21. The number of esters is 1. The van der Waals surface area contributed by atoms with Crippen molar-refractivity contribution in [3.05, 3.63) is 17.7 Å². The smallest absolute Gasteiger partial charge is 0.325 e. The number of hydrogen-bond donors (Lipinski definition) is 1. The second-order valence-electron chi connectivity index (χ2n) is 6.36. The number of methoxy groups -OCH3 is 1. The average molecular weight is 336 g/mol. The van der Waals surface area contributed by atoms with E-state index in [1.165, 1.54) is 12.8 Å². The number of imidazole rings is 1. The van der Waals surface area contributed by atoms with Gasteiger partial charge in [0.1, 0.15) is 12.4 Å². The van der Waals surface area contributed by atoms with Crippen molar-refractivity contribution in [3.63, 3.8) is 0 Å². The summed E-state index contributed by atoms with van der Waals surface area (Å²) in [4.78, 5) is 29.7. The zero-order chi connectivity index (χ0) is 17.5. The van der Waals surface area contributed by atoms with E-state index in [0.717, 1.165) is 44.6 Å². The van der Waals surface area contributed by atoms with E-state index in [9.17, 15) is 9.59 Å². The first-order valence-corrected chi connectivity index (χ1v) is 8.65. The van der Waals surface area contributed by atoms with E-state index in [1.807, 2.05) is 6.20 Å². The summed E-state index contributed by atoms with van der Waals surface area (Å²) in [7, 11) is 1.31. The number of nitrogens with one attached hydrogen (secondary N) is 1. The zero-order valence-corrected chi connectivity index (χ0v) is 14.9. The van der Waals surface area contributed by atoms with Crippen LogP contribution in [0.3, 0.4) is 0 Å². The summed E-state index contributed by atoms with van der Waals surface area (Å²) in [5.41, 5.74) is 1.19. The standard InChI is InChI=1S/C17H28N4O3/c1-4-7-21-13(2)10-18-15(21)9-14-6-5-8-20(12-14)17(23)19-11-16(22)24-3/h10,14H,4-9,11-12H2,1-3H3,(H,19,23). The Balaban J connectivity index is 1.91. The Hall–Kier alpha value is -2.05. The Kier molecular flexibility index (Phi) is 6.63. The van der Waals surface area contributed by atoms with Crippen LogP contribution in [0.15, 0.2) is 6.20 Å². The van der Waals surface area contributed by atoms with Crippen molar-refractivity contribution < 1.29 is 14.3 Å². The van der Waals surface area contributed by atoms with E-state index >= 15 is 0 Å². The number of aromatic nitrogens is 2. The molecule has 1 saturated heterocycles. The van der Waals surface area contributed by atoms with Crippen molar-refractivity contribution >= 4 is 12.0 Å². The summed E-state index contributed by atoms with van der Waals surface area (Å²) in [5, 5.41) is 2.61. The maximum absolute atomic E-state index is 12.2. The molecule has 1 aromatic heterocycles. The molecule has 1 unspecified atom stereocenters. The molecule has 2 heterocycles. The molecule has 24 heavy (non-hydrogen) atoms. The van der Waals surface area contributed by atoms with Crippen LogP contribution >= 0.6 is 0 Å². The lowest BCUT2D eigenvalue weighted by Crippen LogP contribution is -2.47. The topological polar surface area (TPSA) is 76.5 Å². The van der Waals surface area contributed by atoms with Crippen LogP contribution in [-0.4, -0.2) is 53.2 Å². The first kappa shape index (κ1) is 18.3. The minimum Gasteiger partial charge on any atom is -0.468 e. The number of carbonyl (C=O) groups is 2. The molecule has 1 aromatic rings.